The monoisotopic (exact) mass is 272 g/mol. The van der Waals surface area contributed by atoms with E-state index in [1.54, 1.807) is 14.2 Å². The van der Waals surface area contributed by atoms with Crippen LogP contribution in [0, 0.1) is 23.7 Å². The molecule has 0 heterocycles. The summed E-state index contributed by atoms with van der Waals surface area (Å²) < 4.78 is 11.1. The summed E-state index contributed by atoms with van der Waals surface area (Å²) >= 11 is 0. The van der Waals surface area contributed by atoms with Crippen LogP contribution in [0.1, 0.15) is 43.6 Å². The molecule has 0 aliphatic heterocycles. The lowest BCUT2D eigenvalue weighted by Crippen LogP contribution is -2.43. The van der Waals surface area contributed by atoms with E-state index in [2.05, 4.69) is 12.1 Å². The summed E-state index contributed by atoms with van der Waals surface area (Å²) in [6.07, 6.45) is 7.28. The summed E-state index contributed by atoms with van der Waals surface area (Å²) in [5, 5.41) is 0. The highest BCUT2D eigenvalue weighted by Crippen LogP contribution is 2.60. The van der Waals surface area contributed by atoms with Gasteiger partial charge in [-0.3, -0.25) is 0 Å². The number of benzene rings is 1. The van der Waals surface area contributed by atoms with Gasteiger partial charge in [0.25, 0.3) is 0 Å². The van der Waals surface area contributed by atoms with Crippen LogP contribution >= 0.6 is 0 Å². The third-order valence-corrected chi connectivity index (χ3v) is 6.02. The van der Waals surface area contributed by atoms with E-state index in [-0.39, 0.29) is 0 Å². The zero-order chi connectivity index (χ0) is 13.7. The first-order chi connectivity index (χ1) is 9.78. The Bertz CT molecular complexity index is 480. The minimum Gasteiger partial charge on any atom is -0.497 e. The molecule has 1 aromatic carbocycles. The molecule has 0 aromatic heterocycles. The van der Waals surface area contributed by atoms with Gasteiger partial charge in [-0.15, -0.1) is 0 Å². The molecule has 108 valence electrons. The van der Waals surface area contributed by atoms with Gasteiger partial charge >= 0.3 is 0 Å². The van der Waals surface area contributed by atoms with Gasteiger partial charge in [0.1, 0.15) is 11.5 Å². The highest BCUT2D eigenvalue weighted by atomic mass is 16.5. The van der Waals surface area contributed by atoms with Crippen LogP contribution in [0.3, 0.4) is 0 Å². The third-order valence-electron chi connectivity index (χ3n) is 6.02. The quantitative estimate of drug-likeness (QED) is 0.819. The second-order valence-electron chi connectivity index (χ2n) is 7.06. The van der Waals surface area contributed by atoms with Crippen molar-refractivity contribution >= 4 is 0 Å². The topological polar surface area (TPSA) is 18.5 Å². The van der Waals surface area contributed by atoms with E-state index < -0.39 is 0 Å². The van der Waals surface area contributed by atoms with Crippen molar-refractivity contribution in [3.05, 3.63) is 23.8 Å². The molecule has 4 aliphatic rings. The number of hydrogen-bond acceptors (Lipinski definition) is 2. The van der Waals surface area contributed by atoms with Crippen LogP contribution < -0.4 is 9.47 Å². The fourth-order valence-corrected chi connectivity index (χ4v) is 5.53. The van der Waals surface area contributed by atoms with Gasteiger partial charge in [0, 0.05) is 5.56 Å². The summed E-state index contributed by atoms with van der Waals surface area (Å²) in [7, 11) is 3.55. The highest BCUT2D eigenvalue weighted by molar-refractivity contribution is 5.44. The Labute approximate surface area is 121 Å². The van der Waals surface area contributed by atoms with Crippen LogP contribution in [-0.2, 0) is 0 Å². The van der Waals surface area contributed by atoms with Gasteiger partial charge in [0.2, 0.25) is 0 Å². The smallest absolute Gasteiger partial charge is 0.122 e. The first kappa shape index (κ1) is 12.6. The Morgan fingerprint density at radius 2 is 1.50 bits per heavy atom. The second kappa shape index (κ2) is 4.68. The highest BCUT2D eigenvalue weighted by Gasteiger charge is 2.49. The molecule has 4 saturated carbocycles. The zero-order valence-corrected chi connectivity index (χ0v) is 12.5. The number of rotatable bonds is 3. The van der Waals surface area contributed by atoms with Crippen LogP contribution in [0.25, 0.3) is 0 Å². The first-order valence-corrected chi connectivity index (χ1v) is 8.00. The summed E-state index contributed by atoms with van der Waals surface area (Å²) in [4.78, 5) is 0. The maximum absolute atomic E-state index is 5.65. The van der Waals surface area contributed by atoms with Crippen LogP contribution in [0.5, 0.6) is 11.5 Å². The maximum atomic E-state index is 5.65. The van der Waals surface area contributed by atoms with Crippen molar-refractivity contribution < 1.29 is 9.47 Å². The SMILES string of the molecule is COc1ccc(OC)c(C2C3CC4CC(C3)CC2C4)c1. The van der Waals surface area contributed by atoms with Gasteiger partial charge in [0.15, 0.2) is 0 Å². The molecule has 0 atom stereocenters. The molecule has 0 N–H and O–H groups in total. The lowest BCUT2D eigenvalue weighted by Gasteiger charge is -2.54. The first-order valence-electron chi connectivity index (χ1n) is 8.00. The Morgan fingerprint density at radius 1 is 0.850 bits per heavy atom. The molecule has 5 rings (SSSR count). The molecule has 20 heavy (non-hydrogen) atoms. The van der Waals surface area contributed by atoms with E-state index in [9.17, 15) is 0 Å². The Kier molecular flexibility index (Phi) is 2.94. The van der Waals surface area contributed by atoms with E-state index in [0.29, 0.717) is 5.92 Å². The average Bonchev–Trinajstić information content (AvgIpc) is 2.46. The molecule has 0 spiro atoms. The Hall–Kier alpha value is -1.18. The Balaban J connectivity index is 1.73. The molecule has 2 heteroatoms. The van der Waals surface area contributed by atoms with Crippen molar-refractivity contribution in [3.8, 4) is 11.5 Å². The Morgan fingerprint density at radius 3 is 2.05 bits per heavy atom. The summed E-state index contributed by atoms with van der Waals surface area (Å²) in [5.41, 5.74) is 1.40. The standard InChI is InChI=1S/C18H24O2/c1-19-15-3-4-17(20-2)16(10-15)18-13-6-11-5-12(8-13)9-14(18)7-11/h3-4,10-14,18H,5-9H2,1-2H3. The third kappa shape index (κ3) is 1.84. The van der Waals surface area contributed by atoms with Gasteiger partial charge in [-0.25, -0.2) is 0 Å². The molecule has 0 radical (unpaired) electrons. The molecule has 1 aromatic rings. The summed E-state index contributed by atoms with van der Waals surface area (Å²) in [6.45, 7) is 0. The van der Waals surface area contributed by atoms with Crippen LogP contribution in [-0.4, -0.2) is 14.2 Å². The van der Waals surface area contributed by atoms with Gasteiger partial charge in [-0.2, -0.15) is 0 Å². The normalized spacial score (nSPS) is 38.0. The average molecular weight is 272 g/mol. The van der Waals surface area contributed by atoms with Crippen molar-refractivity contribution in [2.75, 3.05) is 14.2 Å². The van der Waals surface area contributed by atoms with Crippen molar-refractivity contribution in [2.24, 2.45) is 23.7 Å². The molecule has 2 nitrogen and oxygen atoms in total. The fourth-order valence-electron chi connectivity index (χ4n) is 5.53. The number of ether oxygens (including phenoxy) is 2. The van der Waals surface area contributed by atoms with E-state index in [0.717, 1.165) is 35.2 Å². The van der Waals surface area contributed by atoms with E-state index in [4.69, 9.17) is 9.47 Å². The number of methoxy groups -OCH3 is 2. The predicted molar refractivity (Wildman–Crippen MR) is 79.3 cm³/mol. The predicted octanol–water partition coefficient (Wildman–Crippen LogP) is 4.24. The van der Waals surface area contributed by atoms with Crippen LogP contribution in [0.15, 0.2) is 18.2 Å². The molecule has 0 amide bonds. The zero-order valence-electron chi connectivity index (χ0n) is 12.5. The van der Waals surface area contributed by atoms with Gasteiger partial charge in [-0.1, -0.05) is 0 Å². The summed E-state index contributed by atoms with van der Waals surface area (Å²) in [6, 6.07) is 6.32. The molecule has 4 aliphatic carbocycles. The van der Waals surface area contributed by atoms with E-state index in [1.165, 1.54) is 37.7 Å². The van der Waals surface area contributed by atoms with E-state index >= 15 is 0 Å². The van der Waals surface area contributed by atoms with Gasteiger partial charge in [0.05, 0.1) is 14.2 Å². The fraction of sp³-hybridized carbons (Fsp3) is 0.667. The van der Waals surface area contributed by atoms with E-state index in [1.807, 2.05) is 6.07 Å². The van der Waals surface area contributed by atoms with Crippen molar-refractivity contribution in [1.82, 2.24) is 0 Å². The lowest BCUT2D eigenvalue weighted by molar-refractivity contribution is -0.00352. The molecular formula is C18H24O2. The largest absolute Gasteiger partial charge is 0.497 e. The molecule has 0 unspecified atom stereocenters. The lowest BCUT2D eigenvalue weighted by atomic mass is 9.50. The molecule has 0 saturated heterocycles. The van der Waals surface area contributed by atoms with Gasteiger partial charge < -0.3 is 9.47 Å². The molecular weight excluding hydrogens is 248 g/mol. The molecule has 4 bridgehead atoms. The van der Waals surface area contributed by atoms with Gasteiger partial charge in [-0.05, 0) is 79.9 Å². The van der Waals surface area contributed by atoms with Crippen molar-refractivity contribution in [1.29, 1.82) is 0 Å². The van der Waals surface area contributed by atoms with Crippen molar-refractivity contribution in [3.63, 3.8) is 0 Å². The van der Waals surface area contributed by atoms with Crippen LogP contribution in [0.2, 0.25) is 0 Å². The second-order valence-corrected chi connectivity index (χ2v) is 7.06. The summed E-state index contributed by atoms with van der Waals surface area (Å²) in [5.74, 6) is 6.53. The van der Waals surface area contributed by atoms with Crippen LogP contribution in [0.4, 0.5) is 0 Å². The molecule has 4 fully saturated rings. The minimum atomic E-state index is 0.702. The number of hydrogen-bond donors (Lipinski definition) is 0. The minimum absolute atomic E-state index is 0.702. The maximum Gasteiger partial charge on any atom is 0.122 e. The van der Waals surface area contributed by atoms with Crippen molar-refractivity contribution in [2.45, 2.75) is 38.0 Å².